The summed E-state index contributed by atoms with van der Waals surface area (Å²) < 4.78 is 22.6. The Morgan fingerprint density at radius 2 is 1.05 bits per heavy atom. The van der Waals surface area contributed by atoms with Crippen molar-refractivity contribution in [1.82, 2.24) is 5.32 Å². The molecule has 0 radical (unpaired) electrons. The summed E-state index contributed by atoms with van der Waals surface area (Å²) in [5.41, 5.74) is 0. The summed E-state index contributed by atoms with van der Waals surface area (Å²) in [5, 5.41) is 86.4. The minimum absolute atomic E-state index is 0.241. The van der Waals surface area contributed by atoms with Crippen LogP contribution in [0.1, 0.15) is 174 Å². The van der Waals surface area contributed by atoms with Crippen LogP contribution in [0, 0.1) is 0 Å². The molecule has 0 aromatic carbocycles. The second-order valence-electron chi connectivity index (χ2n) is 16.9. The average Bonchev–Trinajstić information content (AvgIpc) is 3.23. The van der Waals surface area contributed by atoms with Crippen molar-refractivity contribution in [2.45, 2.75) is 248 Å². The van der Waals surface area contributed by atoms with Gasteiger partial charge in [-0.25, -0.2) is 0 Å². The number of nitrogens with one attached hydrogen (secondary N) is 1. The van der Waals surface area contributed by atoms with Gasteiger partial charge in [0.2, 0.25) is 5.91 Å². The maximum atomic E-state index is 13.1. The fraction of sp³-hybridized carbons (Fsp3) is 0.933. The Morgan fingerprint density at radius 1 is 0.593 bits per heavy atom. The summed E-state index contributed by atoms with van der Waals surface area (Å²) in [4.78, 5) is 13.1. The van der Waals surface area contributed by atoms with Crippen molar-refractivity contribution < 1.29 is 64.6 Å². The second kappa shape index (κ2) is 33.3. The fourth-order valence-electron chi connectivity index (χ4n) is 7.82. The molecule has 0 aromatic rings. The van der Waals surface area contributed by atoms with Crippen LogP contribution in [0.4, 0.5) is 0 Å². The number of aliphatic hydroxyl groups is 8. The Kier molecular flexibility index (Phi) is 30.4. The summed E-state index contributed by atoms with van der Waals surface area (Å²) in [7, 11) is 0. The lowest BCUT2D eigenvalue weighted by atomic mass is 9.97. The van der Waals surface area contributed by atoms with Crippen LogP contribution in [0.25, 0.3) is 0 Å². The van der Waals surface area contributed by atoms with E-state index >= 15 is 0 Å². The molecule has 12 unspecified atom stereocenters. The molecule has 2 aliphatic heterocycles. The predicted octanol–water partition coefficient (Wildman–Crippen LogP) is 4.82. The van der Waals surface area contributed by atoms with E-state index in [-0.39, 0.29) is 18.9 Å². The minimum Gasteiger partial charge on any atom is -0.394 e. The van der Waals surface area contributed by atoms with Crippen LogP contribution in [0.2, 0.25) is 0 Å². The summed E-state index contributed by atoms with van der Waals surface area (Å²) in [6.45, 7) is 2.76. The zero-order valence-corrected chi connectivity index (χ0v) is 36.5. The molecule has 14 nitrogen and oxygen atoms in total. The number of allylic oxidation sites excluding steroid dienone is 1. The minimum atomic E-state index is -1.78. The first-order valence-corrected chi connectivity index (χ1v) is 23.4. The van der Waals surface area contributed by atoms with Gasteiger partial charge in [-0.3, -0.25) is 4.79 Å². The number of unbranched alkanes of at least 4 members (excludes halogenated alkanes) is 22. The molecule has 12 atom stereocenters. The highest BCUT2D eigenvalue weighted by atomic mass is 16.7. The van der Waals surface area contributed by atoms with Crippen LogP contribution in [0.5, 0.6) is 0 Å². The average molecular weight is 848 g/mol. The standard InChI is InChI=1S/C45H85NO13/c1-3-5-7-9-11-13-15-16-17-19-20-22-24-26-28-34(49)33(46-37(50)29-27-25-23-21-18-14-12-10-8-6-4-2)32-56-44-42(55)40(53)43(36(31-48)58-44)59-45-41(54)39(52)38(51)35(30-47)57-45/h26,28,33-36,38-45,47-49,51-55H,3-25,27,29-32H2,1-2H3,(H,46,50)/b28-26+. The number of aliphatic hydroxyl groups excluding tert-OH is 8. The number of carbonyl (C=O) groups is 1. The first-order chi connectivity index (χ1) is 28.6. The summed E-state index contributed by atoms with van der Waals surface area (Å²) in [5.74, 6) is -0.241. The molecule has 2 fully saturated rings. The van der Waals surface area contributed by atoms with Crippen molar-refractivity contribution in [2.24, 2.45) is 0 Å². The quantitative estimate of drug-likeness (QED) is 0.0308. The molecule has 0 spiro atoms. The number of amides is 1. The smallest absolute Gasteiger partial charge is 0.220 e. The number of hydrogen-bond acceptors (Lipinski definition) is 13. The zero-order chi connectivity index (χ0) is 43.3. The van der Waals surface area contributed by atoms with Crippen LogP contribution < -0.4 is 5.32 Å². The maximum absolute atomic E-state index is 13.1. The van der Waals surface area contributed by atoms with Crippen LogP contribution in [-0.4, -0.2) is 140 Å². The van der Waals surface area contributed by atoms with Crippen LogP contribution in [0.3, 0.4) is 0 Å². The lowest BCUT2D eigenvalue weighted by molar-refractivity contribution is -0.359. The van der Waals surface area contributed by atoms with Crippen LogP contribution >= 0.6 is 0 Å². The van der Waals surface area contributed by atoms with E-state index in [1.807, 2.05) is 6.08 Å². The zero-order valence-electron chi connectivity index (χ0n) is 36.5. The molecule has 14 heteroatoms. The molecule has 59 heavy (non-hydrogen) atoms. The van der Waals surface area contributed by atoms with E-state index in [0.29, 0.717) is 6.42 Å². The van der Waals surface area contributed by atoms with Gasteiger partial charge < -0.3 is 65.1 Å². The number of hydrogen-bond donors (Lipinski definition) is 9. The van der Waals surface area contributed by atoms with Gasteiger partial charge in [0.15, 0.2) is 12.6 Å². The van der Waals surface area contributed by atoms with E-state index in [9.17, 15) is 45.6 Å². The molecule has 0 aromatic heterocycles. The van der Waals surface area contributed by atoms with Gasteiger partial charge in [-0.05, 0) is 19.3 Å². The topological polar surface area (TPSA) is 228 Å². The molecule has 2 aliphatic rings. The number of rotatable bonds is 35. The van der Waals surface area contributed by atoms with Crippen molar-refractivity contribution in [2.75, 3.05) is 19.8 Å². The van der Waals surface area contributed by atoms with Gasteiger partial charge in [0.25, 0.3) is 0 Å². The van der Waals surface area contributed by atoms with E-state index in [2.05, 4.69) is 19.2 Å². The van der Waals surface area contributed by atoms with E-state index < -0.39 is 86.8 Å². The second-order valence-corrected chi connectivity index (χ2v) is 16.9. The van der Waals surface area contributed by atoms with E-state index in [0.717, 1.165) is 38.5 Å². The third kappa shape index (κ3) is 21.6. The molecule has 1 amide bonds. The van der Waals surface area contributed by atoms with Crippen molar-refractivity contribution >= 4 is 5.91 Å². The van der Waals surface area contributed by atoms with E-state index in [4.69, 9.17) is 18.9 Å². The fourth-order valence-corrected chi connectivity index (χ4v) is 7.82. The Balaban J connectivity index is 1.90. The molecule has 0 aliphatic carbocycles. The molecule has 0 bridgehead atoms. The molecule has 9 N–H and O–H groups in total. The first-order valence-electron chi connectivity index (χ1n) is 23.4. The van der Waals surface area contributed by atoms with Crippen molar-refractivity contribution in [3.63, 3.8) is 0 Å². The molecule has 348 valence electrons. The lowest BCUT2D eigenvalue weighted by Gasteiger charge is -2.46. The Labute approximate surface area is 355 Å². The van der Waals surface area contributed by atoms with Crippen molar-refractivity contribution in [3.05, 3.63) is 12.2 Å². The number of ether oxygens (including phenoxy) is 4. The normalized spacial score (nSPS) is 28.6. The maximum Gasteiger partial charge on any atom is 0.220 e. The predicted molar refractivity (Wildman–Crippen MR) is 226 cm³/mol. The molecule has 2 rings (SSSR count). The summed E-state index contributed by atoms with van der Waals surface area (Å²) in [6.07, 6.45) is 15.4. The Morgan fingerprint density at radius 3 is 1.56 bits per heavy atom. The SMILES string of the molecule is CCCCCCCCCCCCCC/C=C/C(O)C(COC1OC(CO)C(OC2OC(CO)C(O)C(O)C2O)C(O)C1O)NC(=O)CCCCCCCCCCCCC. The molecular weight excluding hydrogens is 762 g/mol. The van der Waals surface area contributed by atoms with Gasteiger partial charge in [0, 0.05) is 6.42 Å². The third-order valence-corrected chi connectivity index (χ3v) is 11.7. The van der Waals surface area contributed by atoms with Gasteiger partial charge in [-0.15, -0.1) is 0 Å². The summed E-state index contributed by atoms with van der Waals surface area (Å²) in [6, 6.07) is -0.906. The van der Waals surface area contributed by atoms with E-state index in [1.54, 1.807) is 6.08 Å². The molecule has 0 saturated carbocycles. The first kappa shape index (κ1) is 53.9. The van der Waals surface area contributed by atoms with Gasteiger partial charge in [0.1, 0.15) is 48.8 Å². The largest absolute Gasteiger partial charge is 0.394 e. The Hall–Kier alpha value is -1.27. The van der Waals surface area contributed by atoms with Crippen molar-refractivity contribution in [1.29, 1.82) is 0 Å². The Bertz CT molecular complexity index is 1050. The molecular formula is C45H85NO13. The summed E-state index contributed by atoms with van der Waals surface area (Å²) >= 11 is 0. The van der Waals surface area contributed by atoms with Crippen LogP contribution in [0.15, 0.2) is 12.2 Å². The highest BCUT2D eigenvalue weighted by Gasteiger charge is 2.50. The molecule has 2 heterocycles. The lowest BCUT2D eigenvalue weighted by Crippen LogP contribution is -2.65. The van der Waals surface area contributed by atoms with E-state index in [1.165, 1.54) is 109 Å². The van der Waals surface area contributed by atoms with Gasteiger partial charge in [-0.1, -0.05) is 161 Å². The van der Waals surface area contributed by atoms with Crippen LogP contribution in [-0.2, 0) is 23.7 Å². The number of carbonyl (C=O) groups excluding carboxylic acids is 1. The highest BCUT2D eigenvalue weighted by molar-refractivity contribution is 5.76. The highest BCUT2D eigenvalue weighted by Crippen LogP contribution is 2.30. The van der Waals surface area contributed by atoms with Crippen molar-refractivity contribution in [3.8, 4) is 0 Å². The van der Waals surface area contributed by atoms with Gasteiger partial charge in [-0.2, -0.15) is 0 Å². The van der Waals surface area contributed by atoms with Gasteiger partial charge >= 0.3 is 0 Å². The molecule has 2 saturated heterocycles. The van der Waals surface area contributed by atoms with Gasteiger partial charge in [0.05, 0.1) is 32.0 Å². The monoisotopic (exact) mass is 848 g/mol. The third-order valence-electron chi connectivity index (χ3n) is 11.7.